The molecule has 1 atom stereocenters. The fourth-order valence-corrected chi connectivity index (χ4v) is 1.77. The van der Waals surface area contributed by atoms with Crippen molar-refractivity contribution in [2.75, 3.05) is 18.6 Å². The van der Waals surface area contributed by atoms with Crippen LogP contribution in [-0.4, -0.2) is 36.6 Å². The third kappa shape index (κ3) is 2.26. The highest BCUT2D eigenvalue weighted by Gasteiger charge is 2.29. The number of nitrogens with zero attached hydrogens (tertiary/aromatic N) is 2. The average molecular weight is 235 g/mol. The highest BCUT2D eigenvalue weighted by Crippen LogP contribution is 2.19. The van der Waals surface area contributed by atoms with Crippen molar-refractivity contribution >= 4 is 17.7 Å². The number of rotatable bonds is 2. The van der Waals surface area contributed by atoms with E-state index in [-0.39, 0.29) is 11.9 Å². The van der Waals surface area contributed by atoms with Crippen LogP contribution in [0.3, 0.4) is 0 Å². The average Bonchev–Trinajstić information content (AvgIpc) is 2.67. The van der Waals surface area contributed by atoms with Crippen molar-refractivity contribution in [3.05, 3.63) is 23.9 Å². The predicted molar refractivity (Wildman–Crippen MR) is 60.5 cm³/mol. The number of esters is 1. The number of carbonyl (C=O) groups excluding carboxylic acids is 2. The second kappa shape index (κ2) is 4.50. The zero-order chi connectivity index (χ0) is 12.4. The van der Waals surface area contributed by atoms with Crippen LogP contribution in [0.25, 0.3) is 0 Å². The van der Waals surface area contributed by atoms with Gasteiger partial charge < -0.3 is 10.5 Å². The van der Waals surface area contributed by atoms with Crippen LogP contribution in [-0.2, 0) is 9.53 Å². The normalized spacial score (nSPS) is 19.5. The van der Waals surface area contributed by atoms with Gasteiger partial charge in [0.05, 0.1) is 12.7 Å². The Balaban J connectivity index is 2.27. The van der Waals surface area contributed by atoms with Crippen LogP contribution in [0.1, 0.15) is 16.8 Å². The zero-order valence-electron chi connectivity index (χ0n) is 9.42. The van der Waals surface area contributed by atoms with E-state index in [1.54, 1.807) is 0 Å². The third-order valence-electron chi connectivity index (χ3n) is 2.60. The molecule has 6 heteroatoms. The Morgan fingerprint density at radius 2 is 2.41 bits per heavy atom. The number of anilines is 1. The SMILES string of the molecule is COC(=O)c1ccnc(N2CC(N)CC2=O)c1. The van der Waals surface area contributed by atoms with Gasteiger partial charge in [-0.2, -0.15) is 0 Å². The van der Waals surface area contributed by atoms with E-state index in [1.165, 1.54) is 30.3 Å². The highest BCUT2D eigenvalue weighted by molar-refractivity contribution is 5.97. The molecule has 0 aliphatic carbocycles. The maximum Gasteiger partial charge on any atom is 0.338 e. The van der Waals surface area contributed by atoms with Crippen LogP contribution >= 0.6 is 0 Å². The second-order valence-electron chi connectivity index (χ2n) is 3.86. The Morgan fingerprint density at radius 1 is 1.65 bits per heavy atom. The summed E-state index contributed by atoms with van der Waals surface area (Å²) >= 11 is 0. The number of carbonyl (C=O) groups is 2. The monoisotopic (exact) mass is 235 g/mol. The molecule has 1 fully saturated rings. The Morgan fingerprint density at radius 3 is 3.00 bits per heavy atom. The minimum absolute atomic E-state index is 0.0768. The van der Waals surface area contributed by atoms with Crippen molar-refractivity contribution in [3.8, 4) is 0 Å². The first-order valence-electron chi connectivity index (χ1n) is 5.22. The van der Waals surface area contributed by atoms with Crippen LogP contribution in [0.5, 0.6) is 0 Å². The summed E-state index contributed by atoms with van der Waals surface area (Å²) in [4.78, 5) is 28.5. The Bertz CT molecular complexity index is 461. The van der Waals surface area contributed by atoms with E-state index < -0.39 is 5.97 Å². The lowest BCUT2D eigenvalue weighted by Crippen LogP contribution is -2.28. The van der Waals surface area contributed by atoms with Gasteiger partial charge >= 0.3 is 5.97 Å². The Kier molecular flexibility index (Phi) is 3.06. The zero-order valence-corrected chi connectivity index (χ0v) is 9.42. The van der Waals surface area contributed by atoms with E-state index in [9.17, 15) is 9.59 Å². The molecule has 1 amide bonds. The first-order valence-corrected chi connectivity index (χ1v) is 5.22. The van der Waals surface area contributed by atoms with Crippen molar-refractivity contribution in [2.45, 2.75) is 12.5 Å². The van der Waals surface area contributed by atoms with E-state index in [0.717, 1.165) is 0 Å². The molecule has 0 saturated carbocycles. The lowest BCUT2D eigenvalue weighted by atomic mass is 10.2. The maximum absolute atomic E-state index is 11.6. The Labute approximate surface area is 98.4 Å². The molecule has 1 unspecified atom stereocenters. The molecular weight excluding hydrogens is 222 g/mol. The van der Waals surface area contributed by atoms with Gasteiger partial charge in [0, 0.05) is 25.2 Å². The molecule has 0 radical (unpaired) electrons. The lowest BCUT2D eigenvalue weighted by Gasteiger charge is -2.15. The van der Waals surface area contributed by atoms with Crippen LogP contribution < -0.4 is 10.6 Å². The number of methoxy groups -OCH3 is 1. The van der Waals surface area contributed by atoms with E-state index >= 15 is 0 Å². The third-order valence-corrected chi connectivity index (χ3v) is 2.60. The smallest absolute Gasteiger partial charge is 0.338 e. The number of ether oxygens (including phenoxy) is 1. The van der Waals surface area contributed by atoms with Crippen LogP contribution in [0.2, 0.25) is 0 Å². The molecule has 1 aromatic heterocycles. The van der Waals surface area contributed by atoms with E-state index in [1.807, 2.05) is 0 Å². The fourth-order valence-electron chi connectivity index (χ4n) is 1.77. The van der Waals surface area contributed by atoms with Crippen LogP contribution in [0, 0.1) is 0 Å². The standard InChI is InChI=1S/C11H13N3O3/c1-17-11(16)7-2-3-13-9(4-7)14-6-8(12)5-10(14)15/h2-4,8H,5-6,12H2,1H3. The van der Waals surface area contributed by atoms with E-state index in [2.05, 4.69) is 9.72 Å². The molecule has 0 aromatic carbocycles. The molecule has 1 aliphatic rings. The molecule has 2 heterocycles. The Hall–Kier alpha value is -1.95. The molecule has 6 nitrogen and oxygen atoms in total. The molecule has 1 saturated heterocycles. The molecule has 2 N–H and O–H groups in total. The van der Waals surface area contributed by atoms with Gasteiger partial charge in [0.15, 0.2) is 0 Å². The number of hydrogen-bond acceptors (Lipinski definition) is 5. The van der Waals surface area contributed by atoms with Gasteiger partial charge in [-0.05, 0) is 12.1 Å². The number of aromatic nitrogens is 1. The summed E-state index contributed by atoms with van der Waals surface area (Å²) in [6, 6.07) is 2.89. The van der Waals surface area contributed by atoms with Gasteiger partial charge in [-0.15, -0.1) is 0 Å². The summed E-state index contributed by atoms with van der Waals surface area (Å²) in [6.45, 7) is 0.427. The first kappa shape index (κ1) is 11.5. The molecule has 17 heavy (non-hydrogen) atoms. The van der Waals surface area contributed by atoms with Gasteiger partial charge in [-0.3, -0.25) is 9.69 Å². The molecule has 0 spiro atoms. The molecule has 1 aromatic rings. The first-order chi connectivity index (χ1) is 8.11. The minimum Gasteiger partial charge on any atom is -0.465 e. The summed E-state index contributed by atoms with van der Waals surface area (Å²) in [5.74, 6) is -0.0949. The van der Waals surface area contributed by atoms with Crippen LogP contribution in [0.15, 0.2) is 18.3 Å². The van der Waals surface area contributed by atoms with E-state index in [4.69, 9.17) is 5.73 Å². The molecular formula is C11H13N3O3. The van der Waals surface area contributed by atoms with Gasteiger partial charge in [-0.25, -0.2) is 9.78 Å². The summed E-state index contributed by atoms with van der Waals surface area (Å²) in [5.41, 5.74) is 6.06. The number of nitrogens with two attached hydrogens (primary N) is 1. The lowest BCUT2D eigenvalue weighted by molar-refractivity contribution is -0.117. The van der Waals surface area contributed by atoms with Crippen LogP contribution in [0.4, 0.5) is 5.82 Å². The molecule has 0 bridgehead atoms. The van der Waals surface area contributed by atoms with Crippen molar-refractivity contribution in [1.29, 1.82) is 0 Å². The quantitative estimate of drug-likeness (QED) is 0.725. The van der Waals surface area contributed by atoms with Gasteiger partial charge in [0.2, 0.25) is 5.91 Å². The van der Waals surface area contributed by atoms with E-state index in [0.29, 0.717) is 24.3 Å². The largest absolute Gasteiger partial charge is 0.465 e. The summed E-state index contributed by atoms with van der Waals surface area (Å²) in [6.07, 6.45) is 1.78. The molecule has 90 valence electrons. The van der Waals surface area contributed by atoms with Gasteiger partial charge in [0.25, 0.3) is 0 Å². The summed E-state index contributed by atoms with van der Waals surface area (Å²) in [5, 5.41) is 0. The molecule has 2 rings (SSSR count). The van der Waals surface area contributed by atoms with Crippen molar-refractivity contribution in [2.24, 2.45) is 5.73 Å². The number of amides is 1. The fraction of sp³-hybridized carbons (Fsp3) is 0.364. The van der Waals surface area contributed by atoms with Crippen molar-refractivity contribution < 1.29 is 14.3 Å². The van der Waals surface area contributed by atoms with Gasteiger partial charge in [-0.1, -0.05) is 0 Å². The molecule has 1 aliphatic heterocycles. The minimum atomic E-state index is -0.454. The van der Waals surface area contributed by atoms with Crippen molar-refractivity contribution in [3.63, 3.8) is 0 Å². The second-order valence-corrected chi connectivity index (χ2v) is 3.86. The van der Waals surface area contributed by atoms with Crippen molar-refractivity contribution in [1.82, 2.24) is 4.98 Å². The summed E-state index contributed by atoms with van der Waals surface area (Å²) in [7, 11) is 1.30. The summed E-state index contributed by atoms with van der Waals surface area (Å²) < 4.78 is 4.61. The highest BCUT2D eigenvalue weighted by atomic mass is 16.5. The topological polar surface area (TPSA) is 85.5 Å². The predicted octanol–water partition coefficient (Wildman–Crippen LogP) is -0.0678. The van der Waals surface area contributed by atoms with Gasteiger partial charge in [0.1, 0.15) is 5.82 Å². The number of hydrogen-bond donors (Lipinski definition) is 1. The number of pyridine rings is 1. The maximum atomic E-state index is 11.6.